The van der Waals surface area contributed by atoms with Gasteiger partial charge in [-0.1, -0.05) is 6.07 Å². The molecule has 0 aliphatic heterocycles. The number of aryl methyl sites for hydroxylation is 2. The van der Waals surface area contributed by atoms with Crippen molar-refractivity contribution >= 4 is 11.3 Å². The van der Waals surface area contributed by atoms with E-state index in [2.05, 4.69) is 17.4 Å². The molecule has 0 amide bonds. The number of ether oxygens (including phenoxy) is 1. The highest BCUT2D eigenvalue weighted by atomic mass is 32.1. The van der Waals surface area contributed by atoms with Gasteiger partial charge in [-0.25, -0.2) is 4.98 Å². The van der Waals surface area contributed by atoms with E-state index < -0.39 is 0 Å². The molecule has 1 aromatic heterocycles. The van der Waals surface area contributed by atoms with Gasteiger partial charge in [0.25, 0.3) is 0 Å². The number of thiazole rings is 1. The second kappa shape index (κ2) is 4.86. The summed E-state index contributed by atoms with van der Waals surface area (Å²) in [5.41, 5.74) is 3.84. The molecule has 2 aromatic rings. The predicted octanol–water partition coefficient (Wildman–Crippen LogP) is 3.17. The Morgan fingerprint density at radius 3 is 3.05 bits per heavy atom. The summed E-state index contributed by atoms with van der Waals surface area (Å²) in [5.74, 6) is 0.919. The molecule has 1 N–H and O–H groups in total. The zero-order valence-corrected chi connectivity index (χ0v) is 12.4. The van der Waals surface area contributed by atoms with Gasteiger partial charge < -0.3 is 10.1 Å². The Morgan fingerprint density at radius 1 is 1.35 bits per heavy atom. The Morgan fingerprint density at radius 2 is 2.25 bits per heavy atom. The summed E-state index contributed by atoms with van der Waals surface area (Å²) in [5, 5.41) is 4.77. The maximum absolute atomic E-state index is 5.35. The van der Waals surface area contributed by atoms with Gasteiger partial charge in [-0.3, -0.25) is 0 Å². The lowest BCUT2D eigenvalue weighted by molar-refractivity contribution is 0.415. The van der Waals surface area contributed by atoms with Crippen LogP contribution >= 0.6 is 11.3 Å². The monoisotopic (exact) mass is 286 g/mol. The molecular weight excluding hydrogens is 268 g/mol. The number of nitrogens with one attached hydrogen (secondary N) is 1. The Balaban J connectivity index is 1.67. The van der Waals surface area contributed by atoms with Crippen LogP contribution in [-0.2, 0) is 19.4 Å². The van der Waals surface area contributed by atoms with Gasteiger partial charge >= 0.3 is 0 Å². The third-order valence-electron chi connectivity index (χ3n) is 4.05. The van der Waals surface area contributed by atoms with Gasteiger partial charge in [-0.05, 0) is 43.4 Å². The summed E-state index contributed by atoms with van der Waals surface area (Å²) in [6.07, 6.45) is 4.88. The van der Waals surface area contributed by atoms with Crippen LogP contribution in [0.15, 0.2) is 18.2 Å². The minimum absolute atomic E-state index is 0.739. The highest BCUT2D eigenvalue weighted by Crippen LogP contribution is 2.38. The summed E-state index contributed by atoms with van der Waals surface area (Å²) in [7, 11) is 1.72. The highest BCUT2D eigenvalue weighted by Gasteiger charge is 2.23. The van der Waals surface area contributed by atoms with Crippen LogP contribution in [0.4, 0.5) is 0 Å². The Hall–Kier alpha value is -1.39. The van der Waals surface area contributed by atoms with Crippen LogP contribution in [0.2, 0.25) is 0 Å². The highest BCUT2D eigenvalue weighted by molar-refractivity contribution is 7.12. The van der Waals surface area contributed by atoms with Crippen LogP contribution in [0.1, 0.15) is 28.3 Å². The largest absolute Gasteiger partial charge is 0.497 e. The Bertz CT molecular complexity index is 646. The number of hydrogen-bond acceptors (Lipinski definition) is 4. The topological polar surface area (TPSA) is 34.1 Å². The summed E-state index contributed by atoms with van der Waals surface area (Å²) < 4.78 is 5.35. The average Bonchev–Trinajstić information content (AvgIpc) is 3.22. The zero-order valence-electron chi connectivity index (χ0n) is 11.6. The molecule has 1 fully saturated rings. The van der Waals surface area contributed by atoms with Crippen molar-refractivity contribution in [1.82, 2.24) is 10.3 Å². The molecule has 1 saturated carbocycles. The molecule has 0 bridgehead atoms. The van der Waals surface area contributed by atoms with Crippen LogP contribution in [0, 0.1) is 0 Å². The summed E-state index contributed by atoms with van der Waals surface area (Å²) in [6, 6.07) is 7.10. The quantitative estimate of drug-likeness (QED) is 0.937. The number of hydrogen-bond donors (Lipinski definition) is 1. The van der Waals surface area contributed by atoms with Gasteiger partial charge in [-0.15, -0.1) is 11.3 Å². The first kappa shape index (κ1) is 12.4. The number of fused-ring (bicyclic) bond motifs is 3. The molecule has 3 nitrogen and oxygen atoms in total. The van der Waals surface area contributed by atoms with Crippen LogP contribution < -0.4 is 10.1 Å². The molecule has 0 radical (unpaired) electrons. The van der Waals surface area contributed by atoms with Crippen molar-refractivity contribution in [2.75, 3.05) is 7.11 Å². The fourth-order valence-corrected chi connectivity index (χ4v) is 3.78. The van der Waals surface area contributed by atoms with Crippen molar-refractivity contribution in [2.24, 2.45) is 0 Å². The van der Waals surface area contributed by atoms with Gasteiger partial charge in [0.15, 0.2) is 0 Å². The maximum Gasteiger partial charge on any atom is 0.119 e. The number of nitrogens with zero attached hydrogens (tertiary/aromatic N) is 1. The number of methoxy groups -OCH3 is 1. The lowest BCUT2D eigenvalue weighted by Gasteiger charge is -2.15. The van der Waals surface area contributed by atoms with Crippen molar-refractivity contribution < 1.29 is 4.74 Å². The molecule has 2 aliphatic carbocycles. The van der Waals surface area contributed by atoms with E-state index in [1.54, 1.807) is 7.11 Å². The molecular formula is C16H18N2OS. The third kappa shape index (κ3) is 2.23. The van der Waals surface area contributed by atoms with E-state index in [4.69, 9.17) is 9.72 Å². The van der Waals surface area contributed by atoms with E-state index in [1.165, 1.54) is 39.5 Å². The van der Waals surface area contributed by atoms with Gasteiger partial charge in [0.1, 0.15) is 10.8 Å². The molecule has 0 unspecified atom stereocenters. The van der Waals surface area contributed by atoms with Gasteiger partial charge in [0, 0.05) is 23.0 Å². The first-order valence-electron chi connectivity index (χ1n) is 7.23. The molecule has 104 valence electrons. The standard InChI is InChI=1S/C16H18N2OS/c1-19-12-6-2-10-3-7-14-16(13(10)8-12)18-15(20-14)9-17-11-4-5-11/h2,6,8,11,17H,3-5,7,9H2,1H3. The van der Waals surface area contributed by atoms with E-state index in [9.17, 15) is 0 Å². The molecule has 2 aliphatic rings. The zero-order chi connectivity index (χ0) is 13.5. The molecule has 0 saturated heterocycles. The van der Waals surface area contributed by atoms with Crippen molar-refractivity contribution in [3.8, 4) is 17.0 Å². The van der Waals surface area contributed by atoms with Crippen LogP contribution in [-0.4, -0.2) is 18.1 Å². The molecule has 4 rings (SSSR count). The van der Waals surface area contributed by atoms with E-state index in [-0.39, 0.29) is 0 Å². The predicted molar refractivity (Wildman–Crippen MR) is 81.4 cm³/mol. The number of benzene rings is 1. The minimum Gasteiger partial charge on any atom is -0.497 e. The molecule has 0 spiro atoms. The first-order valence-corrected chi connectivity index (χ1v) is 8.04. The maximum atomic E-state index is 5.35. The lowest BCUT2D eigenvalue weighted by Crippen LogP contribution is -2.14. The SMILES string of the molecule is COc1ccc2c(c1)-c1nc(CNC3CC3)sc1CC2. The van der Waals surface area contributed by atoms with E-state index in [1.807, 2.05) is 17.4 Å². The van der Waals surface area contributed by atoms with Crippen molar-refractivity contribution in [1.29, 1.82) is 0 Å². The Labute approximate surface area is 123 Å². The normalized spacial score (nSPS) is 16.6. The average molecular weight is 286 g/mol. The summed E-state index contributed by atoms with van der Waals surface area (Å²) in [6.45, 7) is 0.918. The van der Waals surface area contributed by atoms with Crippen molar-refractivity contribution in [3.63, 3.8) is 0 Å². The van der Waals surface area contributed by atoms with E-state index >= 15 is 0 Å². The summed E-state index contributed by atoms with van der Waals surface area (Å²) in [4.78, 5) is 6.30. The molecule has 1 aromatic carbocycles. The molecule has 1 heterocycles. The van der Waals surface area contributed by atoms with Gasteiger partial charge in [0.05, 0.1) is 12.8 Å². The first-order chi connectivity index (χ1) is 9.83. The summed E-state index contributed by atoms with van der Waals surface area (Å²) >= 11 is 1.87. The number of rotatable bonds is 4. The fourth-order valence-electron chi connectivity index (χ4n) is 2.74. The van der Waals surface area contributed by atoms with E-state index in [0.717, 1.165) is 31.2 Å². The lowest BCUT2D eigenvalue weighted by atomic mass is 9.93. The Kier molecular flexibility index (Phi) is 3.00. The van der Waals surface area contributed by atoms with Crippen molar-refractivity contribution in [2.45, 2.75) is 38.3 Å². The van der Waals surface area contributed by atoms with Crippen molar-refractivity contribution in [3.05, 3.63) is 33.6 Å². The molecule has 20 heavy (non-hydrogen) atoms. The second-order valence-electron chi connectivity index (χ2n) is 5.56. The third-order valence-corrected chi connectivity index (χ3v) is 5.17. The van der Waals surface area contributed by atoms with E-state index in [0.29, 0.717) is 0 Å². The number of aromatic nitrogens is 1. The van der Waals surface area contributed by atoms with Gasteiger partial charge in [-0.2, -0.15) is 0 Å². The molecule has 4 heteroatoms. The smallest absolute Gasteiger partial charge is 0.119 e. The fraction of sp³-hybridized carbons (Fsp3) is 0.438. The van der Waals surface area contributed by atoms with Crippen LogP contribution in [0.5, 0.6) is 5.75 Å². The van der Waals surface area contributed by atoms with Crippen LogP contribution in [0.25, 0.3) is 11.3 Å². The molecule has 0 atom stereocenters. The minimum atomic E-state index is 0.739. The van der Waals surface area contributed by atoms with Gasteiger partial charge in [0.2, 0.25) is 0 Å². The second-order valence-corrected chi connectivity index (χ2v) is 6.73. The van der Waals surface area contributed by atoms with Crippen LogP contribution in [0.3, 0.4) is 0 Å².